The van der Waals surface area contributed by atoms with Gasteiger partial charge in [-0.3, -0.25) is 4.90 Å². The number of halogens is 3. The van der Waals surface area contributed by atoms with Crippen molar-refractivity contribution < 1.29 is 32.6 Å². The second-order valence-corrected chi connectivity index (χ2v) is 5.51. The van der Waals surface area contributed by atoms with Crippen molar-refractivity contribution in [2.45, 2.75) is 18.8 Å². The molecule has 8 heteroatoms. The van der Waals surface area contributed by atoms with Gasteiger partial charge in [-0.25, -0.2) is 9.59 Å². The summed E-state index contributed by atoms with van der Waals surface area (Å²) in [5.74, 6) is -1.39. The van der Waals surface area contributed by atoms with Gasteiger partial charge in [0.05, 0.1) is 5.56 Å². The van der Waals surface area contributed by atoms with Crippen molar-refractivity contribution in [1.29, 1.82) is 0 Å². The number of carboxylic acids is 1. The molecule has 2 aromatic carbocycles. The number of alkyl halides is 3. The van der Waals surface area contributed by atoms with E-state index in [0.717, 1.165) is 34.7 Å². The molecule has 0 aliphatic rings. The minimum absolute atomic E-state index is 0.0321. The maximum atomic E-state index is 12.6. The van der Waals surface area contributed by atoms with E-state index in [2.05, 4.69) is 0 Å². The van der Waals surface area contributed by atoms with Gasteiger partial charge in [0.2, 0.25) is 0 Å². The summed E-state index contributed by atoms with van der Waals surface area (Å²) < 4.78 is 42.9. The summed E-state index contributed by atoms with van der Waals surface area (Å²) >= 11 is 0. The van der Waals surface area contributed by atoms with E-state index in [1.54, 1.807) is 30.3 Å². The second kappa shape index (κ2) is 7.90. The Morgan fingerprint density at radius 3 is 2.15 bits per heavy atom. The summed E-state index contributed by atoms with van der Waals surface area (Å²) in [6.07, 6.45) is -5.43. The highest BCUT2D eigenvalue weighted by Crippen LogP contribution is 2.31. The zero-order valence-corrected chi connectivity index (χ0v) is 13.7. The molecule has 0 aromatic heterocycles. The molecule has 0 aliphatic heterocycles. The minimum atomic E-state index is -4.53. The second-order valence-electron chi connectivity index (χ2n) is 5.51. The summed E-state index contributed by atoms with van der Waals surface area (Å²) in [5.41, 5.74) is -0.153. The normalized spacial score (nSPS) is 12.3. The Bertz CT molecular complexity index is 760. The van der Waals surface area contributed by atoms with E-state index >= 15 is 0 Å². The Labute approximate surface area is 147 Å². The predicted molar refractivity (Wildman–Crippen MR) is 86.2 cm³/mol. The molecule has 5 nitrogen and oxygen atoms in total. The molecule has 0 saturated carbocycles. The maximum Gasteiger partial charge on any atom is 0.416 e. The molecule has 26 heavy (non-hydrogen) atoms. The SMILES string of the molecule is CN(C(=O)OCc1ccccc1)C(C(=O)O)c1ccc(C(F)(F)F)cc1. The van der Waals surface area contributed by atoms with Crippen LogP contribution in [0.25, 0.3) is 0 Å². The number of hydrogen-bond acceptors (Lipinski definition) is 3. The van der Waals surface area contributed by atoms with E-state index in [1.807, 2.05) is 0 Å². The molecule has 0 aliphatic carbocycles. The highest BCUT2D eigenvalue weighted by Gasteiger charge is 2.33. The molecular weight excluding hydrogens is 351 g/mol. The van der Waals surface area contributed by atoms with Gasteiger partial charge in [-0.2, -0.15) is 13.2 Å². The zero-order valence-electron chi connectivity index (χ0n) is 13.7. The topological polar surface area (TPSA) is 66.8 Å². The van der Waals surface area contributed by atoms with Crippen molar-refractivity contribution >= 4 is 12.1 Å². The van der Waals surface area contributed by atoms with Crippen molar-refractivity contribution in [1.82, 2.24) is 4.90 Å². The molecule has 0 bridgehead atoms. The number of carboxylic acid groups (broad SMARTS) is 1. The summed E-state index contributed by atoms with van der Waals surface area (Å²) in [6, 6.07) is 10.9. The van der Waals surface area contributed by atoms with Crippen LogP contribution in [0.5, 0.6) is 0 Å². The maximum absolute atomic E-state index is 12.6. The van der Waals surface area contributed by atoms with Gasteiger partial charge in [0.15, 0.2) is 6.04 Å². The van der Waals surface area contributed by atoms with Gasteiger partial charge >= 0.3 is 18.2 Å². The fraction of sp³-hybridized carbons (Fsp3) is 0.222. The summed E-state index contributed by atoms with van der Waals surface area (Å²) in [6.45, 7) is -0.0522. The minimum Gasteiger partial charge on any atom is -0.479 e. The molecule has 1 unspecified atom stereocenters. The molecule has 2 aromatic rings. The van der Waals surface area contributed by atoms with E-state index < -0.39 is 29.8 Å². The van der Waals surface area contributed by atoms with E-state index in [-0.39, 0.29) is 12.2 Å². The Balaban J connectivity index is 2.12. The van der Waals surface area contributed by atoms with Crippen LogP contribution in [-0.4, -0.2) is 29.1 Å². The van der Waals surface area contributed by atoms with Crippen LogP contribution in [0.15, 0.2) is 54.6 Å². The van der Waals surface area contributed by atoms with Crippen LogP contribution >= 0.6 is 0 Å². The number of ether oxygens (including phenoxy) is 1. The highest BCUT2D eigenvalue weighted by atomic mass is 19.4. The first-order valence-electron chi connectivity index (χ1n) is 7.53. The van der Waals surface area contributed by atoms with Gasteiger partial charge in [0.1, 0.15) is 6.61 Å². The number of amides is 1. The van der Waals surface area contributed by atoms with E-state index in [1.165, 1.54) is 7.05 Å². The van der Waals surface area contributed by atoms with Crippen LogP contribution in [0.4, 0.5) is 18.0 Å². The summed E-state index contributed by atoms with van der Waals surface area (Å²) in [4.78, 5) is 24.5. The fourth-order valence-corrected chi connectivity index (χ4v) is 2.31. The van der Waals surface area contributed by atoms with Crippen molar-refractivity contribution in [3.05, 3.63) is 71.3 Å². The monoisotopic (exact) mass is 367 g/mol. The smallest absolute Gasteiger partial charge is 0.416 e. The highest BCUT2D eigenvalue weighted by molar-refractivity contribution is 5.81. The fourth-order valence-electron chi connectivity index (χ4n) is 2.31. The molecule has 1 atom stereocenters. The van der Waals surface area contributed by atoms with Crippen LogP contribution in [0.1, 0.15) is 22.7 Å². The summed E-state index contributed by atoms with van der Waals surface area (Å²) in [7, 11) is 1.21. The quantitative estimate of drug-likeness (QED) is 0.864. The Kier molecular flexibility index (Phi) is 5.86. The van der Waals surface area contributed by atoms with Gasteiger partial charge < -0.3 is 9.84 Å². The number of nitrogens with zero attached hydrogens (tertiary/aromatic N) is 1. The van der Waals surface area contributed by atoms with Crippen LogP contribution in [0.2, 0.25) is 0 Å². The number of carbonyl (C=O) groups is 2. The van der Waals surface area contributed by atoms with E-state index in [9.17, 15) is 27.9 Å². The van der Waals surface area contributed by atoms with Gasteiger partial charge in [-0.05, 0) is 23.3 Å². The Morgan fingerprint density at radius 2 is 1.65 bits per heavy atom. The molecule has 1 N–H and O–H groups in total. The van der Waals surface area contributed by atoms with Gasteiger partial charge in [-0.15, -0.1) is 0 Å². The molecule has 2 rings (SSSR count). The Morgan fingerprint density at radius 1 is 1.08 bits per heavy atom. The third-order valence-electron chi connectivity index (χ3n) is 3.67. The lowest BCUT2D eigenvalue weighted by molar-refractivity contribution is -0.142. The number of likely N-dealkylation sites (N-methyl/N-ethyl adjacent to an activating group) is 1. The van der Waals surface area contributed by atoms with Crippen LogP contribution in [0, 0.1) is 0 Å². The molecule has 1 amide bonds. The first-order chi connectivity index (χ1) is 12.2. The van der Waals surface area contributed by atoms with Crippen molar-refractivity contribution in [2.75, 3.05) is 7.05 Å². The lowest BCUT2D eigenvalue weighted by Crippen LogP contribution is -2.36. The van der Waals surface area contributed by atoms with Crippen LogP contribution < -0.4 is 0 Å². The molecule has 0 radical (unpaired) electrons. The van der Waals surface area contributed by atoms with Gasteiger partial charge in [-0.1, -0.05) is 42.5 Å². The van der Waals surface area contributed by atoms with Crippen LogP contribution in [-0.2, 0) is 22.3 Å². The Hall–Kier alpha value is -3.03. The molecule has 138 valence electrons. The van der Waals surface area contributed by atoms with Crippen molar-refractivity contribution in [3.8, 4) is 0 Å². The first-order valence-corrected chi connectivity index (χ1v) is 7.53. The molecular formula is C18H16F3NO4. The average Bonchev–Trinajstić information content (AvgIpc) is 2.60. The van der Waals surface area contributed by atoms with Crippen molar-refractivity contribution in [3.63, 3.8) is 0 Å². The number of hydrogen-bond donors (Lipinski definition) is 1. The number of carbonyl (C=O) groups excluding carboxylic acids is 1. The molecule has 0 spiro atoms. The average molecular weight is 367 g/mol. The predicted octanol–water partition coefficient (Wildman–Crippen LogP) is 4.10. The number of rotatable bonds is 5. The van der Waals surface area contributed by atoms with Gasteiger partial charge in [0.25, 0.3) is 0 Å². The lowest BCUT2D eigenvalue weighted by Gasteiger charge is -2.24. The third-order valence-corrected chi connectivity index (χ3v) is 3.67. The summed E-state index contributed by atoms with van der Waals surface area (Å²) in [5, 5.41) is 9.39. The lowest BCUT2D eigenvalue weighted by atomic mass is 10.0. The molecule has 0 fully saturated rings. The van der Waals surface area contributed by atoms with Gasteiger partial charge in [0, 0.05) is 7.05 Å². The first kappa shape index (κ1) is 19.3. The van der Waals surface area contributed by atoms with E-state index in [4.69, 9.17) is 4.74 Å². The molecule has 0 saturated heterocycles. The van der Waals surface area contributed by atoms with E-state index in [0.29, 0.717) is 0 Å². The van der Waals surface area contributed by atoms with Crippen molar-refractivity contribution in [2.24, 2.45) is 0 Å². The zero-order chi connectivity index (χ0) is 19.3. The number of aliphatic carboxylic acids is 1. The number of benzene rings is 2. The standard InChI is InChI=1S/C18H16F3NO4/c1-22(17(25)26-11-12-5-3-2-4-6-12)15(16(23)24)13-7-9-14(10-8-13)18(19,20)21/h2-10,15H,11H2,1H3,(H,23,24). The largest absolute Gasteiger partial charge is 0.479 e. The third kappa shape index (κ3) is 4.75. The molecule has 0 heterocycles. The van der Waals surface area contributed by atoms with Crippen LogP contribution in [0.3, 0.4) is 0 Å².